The molecule has 7 nitrogen and oxygen atoms in total. The van der Waals surface area contributed by atoms with Gasteiger partial charge in [0.25, 0.3) is 11.5 Å². The number of hydrogen-bond donors (Lipinski definition) is 1. The number of amides is 1. The number of hydrogen-bond acceptors (Lipinski definition) is 4. The minimum atomic E-state index is -0.654. The molecule has 0 aliphatic rings. The zero-order chi connectivity index (χ0) is 17.7. The third kappa shape index (κ3) is 3.61. The van der Waals surface area contributed by atoms with Crippen LogP contribution in [0.4, 0.5) is 0 Å². The van der Waals surface area contributed by atoms with E-state index >= 15 is 0 Å². The second kappa shape index (κ2) is 7.72. The number of carbonyl (C=O) groups is 1. The van der Waals surface area contributed by atoms with E-state index in [0.29, 0.717) is 18.7 Å². The largest absolute Gasteiger partial charge is 0.352 e. The standard InChI is InChI=1S/C17H22N4O3/c1-4-10-18-15(22)14-16(23)20(11-5-2)17(24)21(19-14)13-8-6-12(3)7-9-13/h6-9H,4-5,10-11H2,1-3H3,(H,18,22). The first-order chi connectivity index (χ1) is 11.5. The van der Waals surface area contributed by atoms with Gasteiger partial charge in [-0.05, 0) is 31.9 Å². The van der Waals surface area contributed by atoms with Gasteiger partial charge >= 0.3 is 5.69 Å². The Kier molecular flexibility index (Phi) is 5.68. The van der Waals surface area contributed by atoms with Gasteiger partial charge in [-0.1, -0.05) is 31.5 Å². The van der Waals surface area contributed by atoms with Crippen molar-refractivity contribution in [3.63, 3.8) is 0 Å². The lowest BCUT2D eigenvalue weighted by Gasteiger charge is -2.11. The lowest BCUT2D eigenvalue weighted by molar-refractivity contribution is 0.0943. The lowest BCUT2D eigenvalue weighted by atomic mass is 10.2. The average molecular weight is 330 g/mol. The molecule has 2 aromatic rings. The molecule has 0 radical (unpaired) electrons. The molecule has 1 aromatic heterocycles. The maximum absolute atomic E-state index is 12.6. The molecule has 0 aliphatic carbocycles. The van der Waals surface area contributed by atoms with Crippen LogP contribution in [-0.4, -0.2) is 26.8 Å². The molecule has 0 saturated carbocycles. The summed E-state index contributed by atoms with van der Waals surface area (Å²) in [4.78, 5) is 37.3. The molecule has 0 fully saturated rings. The van der Waals surface area contributed by atoms with Crippen molar-refractivity contribution in [3.05, 3.63) is 56.4 Å². The highest BCUT2D eigenvalue weighted by atomic mass is 16.2. The Labute approximate surface area is 139 Å². The van der Waals surface area contributed by atoms with Crippen LogP contribution in [-0.2, 0) is 6.54 Å². The van der Waals surface area contributed by atoms with Gasteiger partial charge in [0.1, 0.15) is 0 Å². The SMILES string of the molecule is CCCNC(=O)c1nn(-c2ccc(C)cc2)c(=O)n(CCC)c1=O. The molecule has 2 rings (SSSR count). The predicted molar refractivity (Wildman–Crippen MR) is 91.7 cm³/mol. The van der Waals surface area contributed by atoms with Crippen molar-refractivity contribution in [2.45, 2.75) is 40.2 Å². The summed E-state index contributed by atoms with van der Waals surface area (Å²) in [7, 11) is 0. The van der Waals surface area contributed by atoms with Gasteiger partial charge < -0.3 is 5.32 Å². The summed E-state index contributed by atoms with van der Waals surface area (Å²) in [6.45, 7) is 6.38. The first-order valence-corrected chi connectivity index (χ1v) is 8.09. The summed E-state index contributed by atoms with van der Waals surface area (Å²) in [5.74, 6) is -0.562. The van der Waals surface area contributed by atoms with Crippen LogP contribution in [0.5, 0.6) is 0 Å². The van der Waals surface area contributed by atoms with Crippen LogP contribution < -0.4 is 16.6 Å². The van der Waals surface area contributed by atoms with E-state index in [4.69, 9.17) is 0 Å². The smallest absolute Gasteiger partial charge is 0.350 e. The highest BCUT2D eigenvalue weighted by molar-refractivity contribution is 5.91. The summed E-state index contributed by atoms with van der Waals surface area (Å²) in [5, 5.41) is 6.66. The minimum absolute atomic E-state index is 0.236. The number of benzene rings is 1. The van der Waals surface area contributed by atoms with Crippen LogP contribution in [0.1, 0.15) is 42.7 Å². The van der Waals surface area contributed by atoms with E-state index in [1.54, 1.807) is 12.1 Å². The maximum atomic E-state index is 12.6. The summed E-state index contributed by atoms with van der Waals surface area (Å²) < 4.78 is 2.17. The van der Waals surface area contributed by atoms with Crippen molar-refractivity contribution in [2.75, 3.05) is 6.54 Å². The van der Waals surface area contributed by atoms with Crippen molar-refractivity contribution in [1.29, 1.82) is 0 Å². The van der Waals surface area contributed by atoms with Crippen LogP contribution in [0.2, 0.25) is 0 Å². The molecule has 7 heteroatoms. The van der Waals surface area contributed by atoms with Gasteiger partial charge in [-0.2, -0.15) is 9.78 Å². The van der Waals surface area contributed by atoms with Gasteiger partial charge in [-0.3, -0.25) is 14.2 Å². The normalized spacial score (nSPS) is 10.6. The Morgan fingerprint density at radius 1 is 1.12 bits per heavy atom. The van der Waals surface area contributed by atoms with Gasteiger partial charge in [-0.15, -0.1) is 0 Å². The number of rotatable bonds is 6. The van der Waals surface area contributed by atoms with Crippen molar-refractivity contribution in [3.8, 4) is 5.69 Å². The molecule has 0 saturated heterocycles. The predicted octanol–water partition coefficient (Wildman–Crippen LogP) is 1.25. The van der Waals surface area contributed by atoms with Gasteiger partial charge in [0.05, 0.1) is 5.69 Å². The number of aromatic nitrogens is 3. The molecule has 0 spiro atoms. The second-order valence-corrected chi connectivity index (χ2v) is 5.59. The number of aryl methyl sites for hydroxylation is 1. The number of nitrogens with one attached hydrogen (secondary N) is 1. The monoisotopic (exact) mass is 330 g/mol. The van der Waals surface area contributed by atoms with Crippen LogP contribution in [0.25, 0.3) is 5.69 Å². The Balaban J connectivity index is 2.64. The van der Waals surface area contributed by atoms with Gasteiger partial charge in [0, 0.05) is 13.1 Å². The molecule has 0 aliphatic heterocycles. The summed E-state index contributed by atoms with van der Waals surface area (Å²) >= 11 is 0. The fourth-order valence-corrected chi connectivity index (χ4v) is 2.25. The molecule has 0 atom stereocenters. The van der Waals surface area contributed by atoms with E-state index in [2.05, 4.69) is 10.4 Å². The Morgan fingerprint density at radius 2 is 1.79 bits per heavy atom. The topological polar surface area (TPSA) is 86.0 Å². The quantitative estimate of drug-likeness (QED) is 0.864. The maximum Gasteiger partial charge on any atom is 0.352 e. The molecule has 1 N–H and O–H groups in total. The highest BCUT2D eigenvalue weighted by Gasteiger charge is 2.19. The lowest BCUT2D eigenvalue weighted by Crippen LogP contribution is -2.45. The Morgan fingerprint density at radius 3 is 2.38 bits per heavy atom. The minimum Gasteiger partial charge on any atom is -0.350 e. The fourth-order valence-electron chi connectivity index (χ4n) is 2.25. The van der Waals surface area contributed by atoms with Crippen LogP contribution in [0.15, 0.2) is 33.9 Å². The molecule has 0 bridgehead atoms. The molecule has 1 heterocycles. The van der Waals surface area contributed by atoms with Gasteiger partial charge in [0.15, 0.2) is 0 Å². The first kappa shape index (κ1) is 17.7. The van der Waals surface area contributed by atoms with E-state index in [-0.39, 0.29) is 12.2 Å². The number of nitrogens with zero attached hydrogens (tertiary/aromatic N) is 3. The average Bonchev–Trinajstić information content (AvgIpc) is 2.57. The van der Waals surface area contributed by atoms with Crippen LogP contribution >= 0.6 is 0 Å². The van der Waals surface area contributed by atoms with E-state index in [9.17, 15) is 14.4 Å². The Hall–Kier alpha value is -2.70. The highest BCUT2D eigenvalue weighted by Crippen LogP contribution is 2.05. The third-order valence-corrected chi connectivity index (χ3v) is 3.54. The third-order valence-electron chi connectivity index (χ3n) is 3.54. The number of carbonyl (C=O) groups excluding carboxylic acids is 1. The van der Waals surface area contributed by atoms with Crippen molar-refractivity contribution in [1.82, 2.24) is 19.7 Å². The molecular weight excluding hydrogens is 308 g/mol. The van der Waals surface area contributed by atoms with Crippen LogP contribution in [0.3, 0.4) is 0 Å². The second-order valence-electron chi connectivity index (χ2n) is 5.59. The van der Waals surface area contributed by atoms with Gasteiger partial charge in [-0.25, -0.2) is 4.79 Å². The summed E-state index contributed by atoms with van der Waals surface area (Å²) in [6, 6.07) is 7.15. The molecule has 24 heavy (non-hydrogen) atoms. The molecule has 0 unspecified atom stereocenters. The zero-order valence-electron chi connectivity index (χ0n) is 14.2. The Bertz CT molecular complexity index is 834. The fraction of sp³-hybridized carbons (Fsp3) is 0.412. The zero-order valence-corrected chi connectivity index (χ0v) is 14.2. The van der Waals surface area contributed by atoms with Gasteiger partial charge in [0.2, 0.25) is 5.69 Å². The summed E-state index contributed by atoms with van der Waals surface area (Å²) in [6.07, 6.45) is 1.34. The van der Waals surface area contributed by atoms with Crippen molar-refractivity contribution >= 4 is 5.91 Å². The van der Waals surface area contributed by atoms with Crippen LogP contribution in [0, 0.1) is 6.92 Å². The molecular formula is C17H22N4O3. The van der Waals surface area contributed by atoms with E-state index < -0.39 is 17.2 Å². The molecule has 1 aromatic carbocycles. The summed E-state index contributed by atoms with van der Waals surface area (Å²) in [5.41, 5.74) is 0.0863. The van der Waals surface area contributed by atoms with E-state index in [1.807, 2.05) is 32.9 Å². The first-order valence-electron chi connectivity index (χ1n) is 8.09. The van der Waals surface area contributed by atoms with Crippen molar-refractivity contribution in [2.24, 2.45) is 0 Å². The van der Waals surface area contributed by atoms with E-state index in [1.165, 1.54) is 0 Å². The van der Waals surface area contributed by atoms with Crippen molar-refractivity contribution < 1.29 is 4.79 Å². The molecule has 128 valence electrons. The molecule has 1 amide bonds. The van der Waals surface area contributed by atoms with E-state index in [0.717, 1.165) is 21.2 Å².